The summed E-state index contributed by atoms with van der Waals surface area (Å²) in [4.78, 5) is 14.6. The quantitative estimate of drug-likeness (QED) is 0.785. The highest BCUT2D eigenvalue weighted by Crippen LogP contribution is 2.35. The number of carbonyl (C=O) groups is 1. The maximum absolute atomic E-state index is 12.6. The van der Waals surface area contributed by atoms with Gasteiger partial charge in [0.25, 0.3) is 0 Å². The number of hydrogen-bond acceptors (Lipinski definition) is 3. The van der Waals surface area contributed by atoms with Crippen LogP contribution < -0.4 is 5.32 Å². The molecule has 2 fully saturated rings. The van der Waals surface area contributed by atoms with Crippen molar-refractivity contribution in [2.75, 3.05) is 32.8 Å². The molecule has 2 aliphatic rings. The van der Waals surface area contributed by atoms with Crippen molar-refractivity contribution in [1.82, 2.24) is 10.2 Å². The molecule has 2 rings (SSSR count). The minimum Gasteiger partial charge on any atom is -0.396 e. The van der Waals surface area contributed by atoms with Gasteiger partial charge in [0.15, 0.2) is 0 Å². The van der Waals surface area contributed by atoms with E-state index in [1.54, 1.807) is 0 Å². The van der Waals surface area contributed by atoms with Crippen molar-refractivity contribution in [2.24, 2.45) is 17.3 Å². The van der Waals surface area contributed by atoms with Crippen molar-refractivity contribution in [3.8, 4) is 0 Å². The third-order valence-corrected chi connectivity index (χ3v) is 4.70. The van der Waals surface area contributed by atoms with Crippen LogP contribution in [0.2, 0.25) is 0 Å². The van der Waals surface area contributed by atoms with Crippen LogP contribution in [0.4, 0.5) is 0 Å². The van der Waals surface area contributed by atoms with Crippen LogP contribution in [-0.4, -0.2) is 48.7 Å². The van der Waals surface area contributed by atoms with Gasteiger partial charge >= 0.3 is 0 Å². The standard InChI is InChI=1S/C14H26N2O2/c1-14(2,12-4-3-6-15-8-12)13(18)16-7-5-11(9-16)10-17/h11-12,15,17H,3-10H2,1-2H3. The summed E-state index contributed by atoms with van der Waals surface area (Å²) in [7, 11) is 0. The van der Waals surface area contributed by atoms with E-state index in [1.165, 1.54) is 6.42 Å². The summed E-state index contributed by atoms with van der Waals surface area (Å²) in [6.07, 6.45) is 3.25. The summed E-state index contributed by atoms with van der Waals surface area (Å²) in [6, 6.07) is 0. The zero-order valence-corrected chi connectivity index (χ0v) is 11.6. The molecule has 2 saturated heterocycles. The lowest BCUT2D eigenvalue weighted by Gasteiger charge is -2.38. The monoisotopic (exact) mass is 254 g/mol. The van der Waals surface area contributed by atoms with Gasteiger partial charge in [-0.2, -0.15) is 0 Å². The number of nitrogens with zero attached hydrogens (tertiary/aromatic N) is 1. The minimum atomic E-state index is -0.280. The lowest BCUT2D eigenvalue weighted by molar-refractivity contribution is -0.142. The molecule has 0 bridgehead atoms. The molecule has 2 heterocycles. The molecule has 4 nitrogen and oxygen atoms in total. The fraction of sp³-hybridized carbons (Fsp3) is 0.929. The van der Waals surface area contributed by atoms with E-state index < -0.39 is 0 Å². The highest BCUT2D eigenvalue weighted by atomic mass is 16.3. The van der Waals surface area contributed by atoms with E-state index in [2.05, 4.69) is 19.2 Å². The fourth-order valence-corrected chi connectivity index (χ4v) is 3.22. The molecule has 2 unspecified atom stereocenters. The molecule has 0 aromatic rings. The smallest absolute Gasteiger partial charge is 0.228 e. The summed E-state index contributed by atoms with van der Waals surface area (Å²) in [5.74, 6) is 0.994. The molecule has 4 heteroatoms. The predicted octanol–water partition coefficient (Wildman–Crippen LogP) is 0.853. The maximum Gasteiger partial charge on any atom is 0.228 e. The van der Waals surface area contributed by atoms with Crippen molar-refractivity contribution in [3.63, 3.8) is 0 Å². The third-order valence-electron chi connectivity index (χ3n) is 4.70. The topological polar surface area (TPSA) is 52.6 Å². The number of likely N-dealkylation sites (tertiary alicyclic amines) is 1. The Hall–Kier alpha value is -0.610. The van der Waals surface area contributed by atoms with Crippen molar-refractivity contribution in [1.29, 1.82) is 0 Å². The lowest BCUT2D eigenvalue weighted by atomic mass is 9.74. The van der Waals surface area contributed by atoms with Crippen LogP contribution in [0, 0.1) is 17.3 Å². The summed E-state index contributed by atoms with van der Waals surface area (Å²) in [5, 5.41) is 12.6. The average Bonchev–Trinajstić information content (AvgIpc) is 2.87. The number of piperidine rings is 1. The van der Waals surface area contributed by atoms with Gasteiger partial charge in [-0.05, 0) is 38.3 Å². The molecule has 0 radical (unpaired) electrons. The van der Waals surface area contributed by atoms with Gasteiger partial charge in [-0.25, -0.2) is 0 Å². The Bertz CT molecular complexity index is 298. The third kappa shape index (κ3) is 2.69. The molecule has 1 amide bonds. The number of rotatable bonds is 3. The van der Waals surface area contributed by atoms with Gasteiger partial charge in [0.2, 0.25) is 5.91 Å². The average molecular weight is 254 g/mol. The normalized spacial score (nSPS) is 29.6. The number of hydrogen-bond donors (Lipinski definition) is 2. The molecule has 104 valence electrons. The van der Waals surface area contributed by atoms with Crippen molar-refractivity contribution >= 4 is 5.91 Å². The molecule has 2 aliphatic heterocycles. The lowest BCUT2D eigenvalue weighted by Crippen LogP contribution is -2.48. The largest absolute Gasteiger partial charge is 0.396 e. The van der Waals surface area contributed by atoms with E-state index in [0.29, 0.717) is 5.92 Å². The highest BCUT2D eigenvalue weighted by Gasteiger charge is 2.41. The number of nitrogens with one attached hydrogen (secondary N) is 1. The molecule has 0 aromatic carbocycles. The Morgan fingerprint density at radius 1 is 1.44 bits per heavy atom. The van der Waals surface area contributed by atoms with Gasteiger partial charge in [-0.1, -0.05) is 13.8 Å². The Morgan fingerprint density at radius 2 is 2.22 bits per heavy atom. The second-order valence-electron chi connectivity index (χ2n) is 6.35. The van der Waals surface area contributed by atoms with E-state index >= 15 is 0 Å². The SMILES string of the molecule is CC(C)(C(=O)N1CCC(CO)C1)C1CCCNC1. The summed E-state index contributed by atoms with van der Waals surface area (Å²) < 4.78 is 0. The number of aliphatic hydroxyl groups is 1. The molecule has 0 saturated carbocycles. The van der Waals surface area contributed by atoms with Gasteiger partial charge in [0, 0.05) is 31.0 Å². The van der Waals surface area contributed by atoms with Gasteiger partial charge in [0.1, 0.15) is 0 Å². The number of amides is 1. The van der Waals surface area contributed by atoms with Crippen LogP contribution in [0.25, 0.3) is 0 Å². The van der Waals surface area contributed by atoms with E-state index in [-0.39, 0.29) is 23.8 Å². The van der Waals surface area contributed by atoms with Crippen LogP contribution in [0.5, 0.6) is 0 Å². The Balaban J connectivity index is 1.98. The number of carbonyl (C=O) groups excluding carboxylic acids is 1. The number of aliphatic hydroxyl groups excluding tert-OH is 1. The first kappa shape index (κ1) is 13.8. The molecule has 18 heavy (non-hydrogen) atoms. The van der Waals surface area contributed by atoms with Gasteiger partial charge in [-0.15, -0.1) is 0 Å². The Kier molecular flexibility index (Phi) is 4.28. The van der Waals surface area contributed by atoms with Crippen LogP contribution in [0.1, 0.15) is 33.1 Å². The van der Waals surface area contributed by atoms with Gasteiger partial charge < -0.3 is 15.3 Å². The second-order valence-corrected chi connectivity index (χ2v) is 6.35. The Labute approximate surface area is 110 Å². The molecule has 0 aliphatic carbocycles. The van der Waals surface area contributed by atoms with Crippen LogP contribution in [0.3, 0.4) is 0 Å². The first-order valence-corrected chi connectivity index (χ1v) is 7.16. The Morgan fingerprint density at radius 3 is 2.78 bits per heavy atom. The zero-order valence-electron chi connectivity index (χ0n) is 11.6. The maximum atomic E-state index is 12.6. The minimum absolute atomic E-state index is 0.204. The molecular weight excluding hydrogens is 228 g/mol. The molecular formula is C14H26N2O2. The molecule has 0 aromatic heterocycles. The highest BCUT2D eigenvalue weighted by molar-refractivity contribution is 5.82. The van der Waals surface area contributed by atoms with Gasteiger partial charge in [-0.3, -0.25) is 4.79 Å². The van der Waals surface area contributed by atoms with E-state index in [4.69, 9.17) is 5.11 Å². The predicted molar refractivity (Wildman–Crippen MR) is 71.1 cm³/mol. The molecule has 2 N–H and O–H groups in total. The zero-order chi connectivity index (χ0) is 13.2. The van der Waals surface area contributed by atoms with Crippen LogP contribution >= 0.6 is 0 Å². The second kappa shape index (κ2) is 5.57. The van der Waals surface area contributed by atoms with Crippen LogP contribution in [0.15, 0.2) is 0 Å². The summed E-state index contributed by atoms with van der Waals surface area (Å²) in [6.45, 7) is 7.95. The van der Waals surface area contributed by atoms with Crippen molar-refractivity contribution in [3.05, 3.63) is 0 Å². The van der Waals surface area contributed by atoms with Gasteiger partial charge in [0.05, 0.1) is 0 Å². The molecule has 0 spiro atoms. The first-order chi connectivity index (χ1) is 8.55. The van der Waals surface area contributed by atoms with Crippen LogP contribution in [-0.2, 0) is 4.79 Å². The van der Waals surface area contributed by atoms with Crippen molar-refractivity contribution < 1.29 is 9.90 Å². The summed E-state index contributed by atoms with van der Waals surface area (Å²) >= 11 is 0. The molecule has 2 atom stereocenters. The van der Waals surface area contributed by atoms with E-state index in [1.807, 2.05) is 4.90 Å². The first-order valence-electron chi connectivity index (χ1n) is 7.16. The fourth-order valence-electron chi connectivity index (χ4n) is 3.22. The van der Waals surface area contributed by atoms with Crippen molar-refractivity contribution in [2.45, 2.75) is 33.1 Å². The van der Waals surface area contributed by atoms with E-state index in [9.17, 15) is 4.79 Å². The van der Waals surface area contributed by atoms with E-state index in [0.717, 1.165) is 39.0 Å². The summed E-state index contributed by atoms with van der Waals surface area (Å²) in [5.41, 5.74) is -0.280.